The van der Waals surface area contributed by atoms with Crippen molar-refractivity contribution in [2.75, 3.05) is 0 Å². The van der Waals surface area contributed by atoms with Crippen molar-refractivity contribution < 1.29 is 29.2 Å². The summed E-state index contributed by atoms with van der Waals surface area (Å²) in [5.41, 5.74) is 0. The molecular formula is C10H16O6. The Labute approximate surface area is 93.1 Å². The number of carboxylic acid groups (broad SMARTS) is 1. The maximum atomic E-state index is 10.8. The number of aliphatic hydroxyl groups excluding tert-OH is 1. The van der Waals surface area contributed by atoms with Crippen molar-refractivity contribution >= 4 is 5.97 Å². The summed E-state index contributed by atoms with van der Waals surface area (Å²) in [5.74, 6) is -2.60. The van der Waals surface area contributed by atoms with Crippen LogP contribution < -0.4 is 0 Å². The quantitative estimate of drug-likeness (QED) is 0.694. The Hall–Kier alpha value is -0.690. The van der Waals surface area contributed by atoms with Crippen molar-refractivity contribution in [2.45, 2.75) is 51.2 Å². The van der Waals surface area contributed by atoms with Gasteiger partial charge in [-0.15, -0.1) is 0 Å². The summed E-state index contributed by atoms with van der Waals surface area (Å²) in [6, 6.07) is 0. The van der Waals surface area contributed by atoms with Crippen LogP contribution >= 0.6 is 0 Å². The summed E-state index contributed by atoms with van der Waals surface area (Å²) < 4.78 is 16.2. The van der Waals surface area contributed by atoms with Crippen LogP contribution in [0.25, 0.3) is 0 Å². The van der Waals surface area contributed by atoms with Crippen LogP contribution in [0.3, 0.4) is 0 Å². The van der Waals surface area contributed by atoms with Crippen LogP contribution in [-0.2, 0) is 19.0 Å². The van der Waals surface area contributed by atoms with Crippen LogP contribution in [0.2, 0.25) is 0 Å². The molecule has 0 aliphatic carbocycles. The van der Waals surface area contributed by atoms with Crippen molar-refractivity contribution in [1.29, 1.82) is 0 Å². The molecular weight excluding hydrogens is 216 g/mol. The molecule has 0 amide bonds. The molecule has 2 fully saturated rings. The minimum absolute atomic E-state index is 0.609. The van der Waals surface area contributed by atoms with Crippen LogP contribution in [0.15, 0.2) is 0 Å². The van der Waals surface area contributed by atoms with E-state index < -0.39 is 42.3 Å². The highest BCUT2D eigenvalue weighted by atomic mass is 16.8. The van der Waals surface area contributed by atoms with Gasteiger partial charge in [0.15, 0.2) is 12.1 Å². The molecule has 6 nitrogen and oxygen atoms in total. The van der Waals surface area contributed by atoms with E-state index in [9.17, 15) is 9.90 Å². The fraction of sp³-hybridized carbons (Fsp3) is 0.900. The molecule has 0 aromatic carbocycles. The summed E-state index contributed by atoms with van der Waals surface area (Å²) in [4.78, 5) is 10.8. The number of aliphatic carboxylic acids is 1. The van der Waals surface area contributed by atoms with E-state index in [0.717, 1.165) is 0 Å². The molecule has 5 unspecified atom stereocenters. The van der Waals surface area contributed by atoms with Crippen molar-refractivity contribution in [3.8, 4) is 0 Å². The van der Waals surface area contributed by atoms with Gasteiger partial charge >= 0.3 is 5.97 Å². The third-order valence-electron chi connectivity index (χ3n) is 2.93. The number of rotatable bonds is 2. The number of carboxylic acids is 1. The van der Waals surface area contributed by atoms with E-state index in [1.807, 2.05) is 0 Å². The Morgan fingerprint density at radius 1 is 1.38 bits per heavy atom. The zero-order valence-electron chi connectivity index (χ0n) is 9.41. The second-order valence-electron chi connectivity index (χ2n) is 4.69. The zero-order chi connectivity index (χ0) is 12.1. The van der Waals surface area contributed by atoms with Crippen molar-refractivity contribution in [3.63, 3.8) is 0 Å². The first-order chi connectivity index (χ1) is 7.32. The van der Waals surface area contributed by atoms with E-state index in [0.29, 0.717) is 0 Å². The van der Waals surface area contributed by atoms with Gasteiger partial charge in [-0.1, -0.05) is 0 Å². The lowest BCUT2D eigenvalue weighted by atomic mass is 9.99. The van der Waals surface area contributed by atoms with Crippen LogP contribution in [0.5, 0.6) is 0 Å². The summed E-state index contributed by atoms with van der Waals surface area (Å²) >= 11 is 0. The third kappa shape index (κ3) is 1.82. The molecule has 2 N–H and O–H groups in total. The average Bonchev–Trinajstić information content (AvgIpc) is 2.60. The number of ether oxygens (including phenoxy) is 3. The number of carbonyl (C=O) groups is 1. The van der Waals surface area contributed by atoms with Crippen molar-refractivity contribution in [1.82, 2.24) is 0 Å². The fourth-order valence-corrected chi connectivity index (χ4v) is 2.07. The van der Waals surface area contributed by atoms with Crippen LogP contribution in [0.4, 0.5) is 0 Å². The van der Waals surface area contributed by atoms with Gasteiger partial charge in [0.25, 0.3) is 0 Å². The molecule has 92 valence electrons. The van der Waals surface area contributed by atoms with E-state index in [1.165, 1.54) is 6.92 Å². The van der Waals surface area contributed by atoms with Crippen molar-refractivity contribution in [3.05, 3.63) is 0 Å². The molecule has 0 aromatic heterocycles. The molecule has 0 bridgehead atoms. The minimum Gasteiger partial charge on any atom is -0.481 e. The maximum absolute atomic E-state index is 10.8. The molecule has 0 aromatic rings. The average molecular weight is 232 g/mol. The lowest BCUT2D eigenvalue weighted by Gasteiger charge is -2.24. The molecule has 2 saturated heterocycles. The van der Waals surface area contributed by atoms with Gasteiger partial charge in [-0.05, 0) is 20.8 Å². The standard InChI is InChI=1S/C10H16O6/c1-4(8(12)13)6-5(11)7-9(14-6)16-10(2,3)15-7/h4-7,9,11H,1-3H3,(H,12,13). The Kier molecular flexibility index (Phi) is 2.70. The highest BCUT2D eigenvalue weighted by molar-refractivity contribution is 5.70. The largest absolute Gasteiger partial charge is 0.481 e. The fourth-order valence-electron chi connectivity index (χ4n) is 2.07. The Morgan fingerprint density at radius 2 is 2.00 bits per heavy atom. The molecule has 2 aliphatic rings. The maximum Gasteiger partial charge on any atom is 0.308 e. The molecule has 2 rings (SSSR count). The monoisotopic (exact) mass is 232 g/mol. The van der Waals surface area contributed by atoms with E-state index in [4.69, 9.17) is 19.3 Å². The Bertz CT molecular complexity index is 302. The third-order valence-corrected chi connectivity index (χ3v) is 2.93. The second-order valence-corrected chi connectivity index (χ2v) is 4.69. The number of fused-ring (bicyclic) bond motifs is 1. The molecule has 2 heterocycles. The molecule has 0 radical (unpaired) electrons. The molecule has 0 saturated carbocycles. The molecule has 0 spiro atoms. The summed E-state index contributed by atoms with van der Waals surface area (Å²) in [6.45, 7) is 4.93. The van der Waals surface area contributed by atoms with Gasteiger partial charge in [-0.25, -0.2) is 0 Å². The van der Waals surface area contributed by atoms with Gasteiger partial charge in [0, 0.05) is 0 Å². The first-order valence-corrected chi connectivity index (χ1v) is 5.24. The zero-order valence-corrected chi connectivity index (χ0v) is 9.41. The molecule has 16 heavy (non-hydrogen) atoms. The van der Waals surface area contributed by atoms with E-state index in [1.54, 1.807) is 13.8 Å². The van der Waals surface area contributed by atoms with Crippen LogP contribution in [0, 0.1) is 5.92 Å². The predicted molar refractivity (Wildman–Crippen MR) is 51.5 cm³/mol. The topological polar surface area (TPSA) is 85.2 Å². The van der Waals surface area contributed by atoms with Gasteiger partial charge in [-0.3, -0.25) is 4.79 Å². The minimum atomic E-state index is -1.01. The summed E-state index contributed by atoms with van der Waals surface area (Å²) in [7, 11) is 0. The lowest BCUT2D eigenvalue weighted by molar-refractivity contribution is -0.221. The Morgan fingerprint density at radius 3 is 2.50 bits per heavy atom. The van der Waals surface area contributed by atoms with Gasteiger partial charge in [0.05, 0.1) is 5.92 Å². The first-order valence-electron chi connectivity index (χ1n) is 5.24. The number of hydrogen-bond acceptors (Lipinski definition) is 5. The van der Waals surface area contributed by atoms with Gasteiger partial charge in [-0.2, -0.15) is 0 Å². The molecule has 2 aliphatic heterocycles. The van der Waals surface area contributed by atoms with E-state index in [2.05, 4.69) is 0 Å². The van der Waals surface area contributed by atoms with Crippen LogP contribution in [-0.4, -0.2) is 46.6 Å². The summed E-state index contributed by atoms with van der Waals surface area (Å²) in [5, 5.41) is 18.8. The SMILES string of the molecule is CC(C(=O)O)C1OC2OC(C)(C)OC2C1O. The predicted octanol–water partition coefficient (Wildman–Crippen LogP) is -0.0556. The van der Waals surface area contributed by atoms with Gasteiger partial charge in [0.1, 0.15) is 18.3 Å². The van der Waals surface area contributed by atoms with Crippen LogP contribution in [0.1, 0.15) is 20.8 Å². The van der Waals surface area contributed by atoms with E-state index in [-0.39, 0.29) is 0 Å². The normalized spacial score (nSPS) is 43.0. The molecule has 6 heteroatoms. The number of aliphatic hydroxyl groups is 1. The smallest absolute Gasteiger partial charge is 0.308 e. The highest BCUT2D eigenvalue weighted by Crippen LogP contribution is 2.39. The highest BCUT2D eigenvalue weighted by Gasteiger charge is 2.56. The van der Waals surface area contributed by atoms with E-state index >= 15 is 0 Å². The first kappa shape index (κ1) is 11.8. The summed E-state index contributed by atoms with van der Waals surface area (Å²) in [6.07, 6.45) is -3.06. The molecule has 5 atom stereocenters. The number of hydrogen-bond donors (Lipinski definition) is 2. The van der Waals surface area contributed by atoms with Crippen molar-refractivity contribution in [2.24, 2.45) is 5.92 Å². The van der Waals surface area contributed by atoms with Gasteiger partial charge in [0.2, 0.25) is 0 Å². The Balaban J connectivity index is 2.08. The second kappa shape index (κ2) is 3.66. The lowest BCUT2D eigenvalue weighted by Crippen LogP contribution is -2.39. The van der Waals surface area contributed by atoms with Gasteiger partial charge < -0.3 is 24.4 Å².